The zero-order valence-electron chi connectivity index (χ0n) is 11.1. The molecule has 0 aromatic rings. The van der Waals surface area contributed by atoms with Gasteiger partial charge in [0, 0.05) is 0 Å². The smallest absolute Gasteiger partial charge is 0.0346 e. The van der Waals surface area contributed by atoms with E-state index in [1.54, 1.807) is 6.08 Å². The Balaban J connectivity index is -0.000000205. The minimum atomic E-state index is 1.16. The predicted molar refractivity (Wildman–Crippen MR) is 70.7 cm³/mol. The molecule has 14 heavy (non-hydrogen) atoms. The minimum absolute atomic E-state index is 1.16. The molecule has 0 saturated heterocycles. The average Bonchev–Trinajstić information content (AvgIpc) is 2.21. The van der Waals surface area contributed by atoms with E-state index < -0.39 is 0 Å². The molecule has 0 aliphatic rings. The van der Waals surface area contributed by atoms with Crippen molar-refractivity contribution in [2.75, 3.05) is 0 Å². The first-order chi connectivity index (χ1) is 6.63. The topological polar surface area (TPSA) is 0 Å². The van der Waals surface area contributed by atoms with E-state index in [2.05, 4.69) is 39.5 Å². The van der Waals surface area contributed by atoms with Crippen LogP contribution in [0.4, 0.5) is 0 Å². The van der Waals surface area contributed by atoms with Crippen LogP contribution in [-0.4, -0.2) is 0 Å². The fourth-order valence-corrected chi connectivity index (χ4v) is 0.671. The molecule has 0 amide bonds. The third kappa shape index (κ3) is 17.3. The van der Waals surface area contributed by atoms with Crippen LogP contribution >= 0.6 is 0 Å². The molecule has 0 unspecified atom stereocenters. The maximum Gasteiger partial charge on any atom is -0.0346 e. The van der Waals surface area contributed by atoms with Crippen molar-refractivity contribution in [3.05, 3.63) is 36.0 Å². The third-order valence-corrected chi connectivity index (χ3v) is 1.62. The molecular formula is C14H28. The van der Waals surface area contributed by atoms with Crippen molar-refractivity contribution in [1.29, 1.82) is 0 Å². The highest BCUT2D eigenvalue weighted by molar-refractivity contribution is 5.21. The van der Waals surface area contributed by atoms with Crippen LogP contribution in [0.3, 0.4) is 0 Å². The van der Waals surface area contributed by atoms with Gasteiger partial charge in [0.15, 0.2) is 0 Å². The summed E-state index contributed by atoms with van der Waals surface area (Å²) in [6.45, 7) is 17.8. The fourth-order valence-electron chi connectivity index (χ4n) is 0.671. The number of hydrogen-bond donors (Lipinski definition) is 0. The molecule has 0 nitrogen and oxygen atoms in total. The van der Waals surface area contributed by atoms with Gasteiger partial charge in [-0.3, -0.25) is 0 Å². The van der Waals surface area contributed by atoms with Gasteiger partial charge in [0.1, 0.15) is 0 Å². The van der Waals surface area contributed by atoms with Crippen LogP contribution in [0.25, 0.3) is 0 Å². The third-order valence-electron chi connectivity index (χ3n) is 1.62. The first-order valence-corrected chi connectivity index (χ1v) is 5.50. The highest BCUT2D eigenvalue weighted by Gasteiger charge is 1.86. The van der Waals surface area contributed by atoms with Gasteiger partial charge in [-0.2, -0.15) is 0 Å². The lowest BCUT2D eigenvalue weighted by molar-refractivity contribution is 1.07. The molecule has 0 bridgehead atoms. The van der Waals surface area contributed by atoms with Crippen LogP contribution in [0.15, 0.2) is 36.0 Å². The normalized spacial score (nSPS) is 10.5. The second kappa shape index (κ2) is 18.1. The fraction of sp³-hybridized carbons (Fsp3) is 0.571. The second-order valence-corrected chi connectivity index (χ2v) is 2.73. The molecule has 0 atom stereocenters. The first-order valence-electron chi connectivity index (χ1n) is 5.50. The molecule has 84 valence electrons. The average molecular weight is 196 g/mol. The summed E-state index contributed by atoms with van der Waals surface area (Å²) >= 11 is 0. The van der Waals surface area contributed by atoms with E-state index in [0.29, 0.717) is 0 Å². The Morgan fingerprint density at radius 1 is 1.14 bits per heavy atom. The molecule has 0 aromatic carbocycles. The van der Waals surface area contributed by atoms with Gasteiger partial charge in [0.2, 0.25) is 0 Å². The van der Waals surface area contributed by atoms with Crippen LogP contribution in [0, 0.1) is 0 Å². The molecule has 0 saturated carbocycles. The highest BCUT2D eigenvalue weighted by atomic mass is 13.9. The van der Waals surface area contributed by atoms with E-state index in [-0.39, 0.29) is 0 Å². The van der Waals surface area contributed by atoms with E-state index in [9.17, 15) is 0 Å². The summed E-state index contributed by atoms with van der Waals surface area (Å²) in [5, 5.41) is 0. The largest absolute Gasteiger partial charge is 0.103 e. The standard InChI is InChI=1S/C9H16.C3H6.C2H6/c1-5-7-9(4)8(3)6-2;1-3-2;1-2/h5,7H,6H2,1-4H3;3H,1H2,2H3;1-2H3/b7-5-,9-8-;;. The van der Waals surface area contributed by atoms with Crippen LogP contribution in [0.1, 0.15) is 54.9 Å². The molecule has 0 heterocycles. The number of rotatable bonds is 2. The Labute approximate surface area is 91.4 Å². The van der Waals surface area contributed by atoms with Gasteiger partial charge in [-0.25, -0.2) is 0 Å². The van der Waals surface area contributed by atoms with Crippen molar-refractivity contribution >= 4 is 0 Å². The van der Waals surface area contributed by atoms with Crippen molar-refractivity contribution in [1.82, 2.24) is 0 Å². The molecule has 0 N–H and O–H groups in total. The summed E-state index contributed by atoms with van der Waals surface area (Å²) in [6.07, 6.45) is 7.14. The second-order valence-electron chi connectivity index (χ2n) is 2.73. The van der Waals surface area contributed by atoms with Crippen LogP contribution < -0.4 is 0 Å². The summed E-state index contributed by atoms with van der Waals surface area (Å²) in [7, 11) is 0. The zero-order chi connectivity index (χ0) is 12.0. The molecule has 0 fully saturated rings. The van der Waals surface area contributed by atoms with Gasteiger partial charge in [0.05, 0.1) is 0 Å². The van der Waals surface area contributed by atoms with Gasteiger partial charge in [-0.1, -0.05) is 50.1 Å². The lowest BCUT2D eigenvalue weighted by Crippen LogP contribution is -1.76. The molecule has 0 aromatic heterocycles. The van der Waals surface area contributed by atoms with E-state index in [4.69, 9.17) is 0 Å². The van der Waals surface area contributed by atoms with Crippen molar-refractivity contribution < 1.29 is 0 Å². The van der Waals surface area contributed by atoms with E-state index in [1.165, 1.54) is 11.1 Å². The number of allylic oxidation sites excluding steroid dienone is 5. The molecule has 0 heteroatoms. The summed E-state index contributed by atoms with van der Waals surface area (Å²) in [4.78, 5) is 0. The first kappa shape index (κ1) is 18.9. The molecule has 0 radical (unpaired) electrons. The van der Waals surface area contributed by atoms with E-state index in [0.717, 1.165) is 6.42 Å². The SMILES string of the molecule is C/C=C\C(C)=C(\C)CC.C=CC.CC. The lowest BCUT2D eigenvalue weighted by Gasteiger charge is -1.97. The van der Waals surface area contributed by atoms with Gasteiger partial charge >= 0.3 is 0 Å². The monoisotopic (exact) mass is 196 g/mol. The van der Waals surface area contributed by atoms with Crippen molar-refractivity contribution in [2.45, 2.75) is 54.9 Å². The van der Waals surface area contributed by atoms with E-state index in [1.807, 2.05) is 27.7 Å². The van der Waals surface area contributed by atoms with Crippen molar-refractivity contribution in [3.8, 4) is 0 Å². The van der Waals surface area contributed by atoms with Gasteiger partial charge in [-0.15, -0.1) is 6.58 Å². The Hall–Kier alpha value is -0.780. The van der Waals surface area contributed by atoms with Crippen LogP contribution in [-0.2, 0) is 0 Å². The zero-order valence-corrected chi connectivity index (χ0v) is 11.1. The molecule has 0 spiro atoms. The molecular weight excluding hydrogens is 168 g/mol. The molecule has 0 aliphatic heterocycles. The highest BCUT2D eigenvalue weighted by Crippen LogP contribution is 2.07. The van der Waals surface area contributed by atoms with E-state index >= 15 is 0 Å². The lowest BCUT2D eigenvalue weighted by atomic mass is 10.1. The maximum atomic E-state index is 3.36. The molecule has 0 aliphatic carbocycles. The summed E-state index contributed by atoms with van der Waals surface area (Å²) in [6, 6.07) is 0. The quantitative estimate of drug-likeness (QED) is 0.402. The van der Waals surface area contributed by atoms with Gasteiger partial charge in [-0.05, 0) is 34.1 Å². The molecule has 0 rings (SSSR count). The van der Waals surface area contributed by atoms with Crippen molar-refractivity contribution in [2.24, 2.45) is 0 Å². The Bertz CT molecular complexity index is 159. The van der Waals surface area contributed by atoms with Crippen molar-refractivity contribution in [3.63, 3.8) is 0 Å². The van der Waals surface area contributed by atoms with Crippen LogP contribution in [0.5, 0.6) is 0 Å². The maximum absolute atomic E-state index is 3.36. The Kier molecular flexibility index (Phi) is 24.4. The Morgan fingerprint density at radius 2 is 1.50 bits per heavy atom. The predicted octanol–water partition coefficient (Wildman–Crippen LogP) is 5.53. The Morgan fingerprint density at radius 3 is 1.71 bits per heavy atom. The van der Waals surface area contributed by atoms with Crippen LogP contribution in [0.2, 0.25) is 0 Å². The summed E-state index contributed by atoms with van der Waals surface area (Å²) < 4.78 is 0. The van der Waals surface area contributed by atoms with Gasteiger partial charge < -0.3 is 0 Å². The summed E-state index contributed by atoms with van der Waals surface area (Å²) in [5.74, 6) is 0. The van der Waals surface area contributed by atoms with Gasteiger partial charge in [0.25, 0.3) is 0 Å². The number of hydrogen-bond acceptors (Lipinski definition) is 0. The minimum Gasteiger partial charge on any atom is -0.103 e. The summed E-state index contributed by atoms with van der Waals surface area (Å²) in [5.41, 5.74) is 2.88.